The molecule has 1 aromatic carbocycles. The quantitative estimate of drug-likeness (QED) is 0.912. The minimum Gasteiger partial charge on any atom is -0.330 e. The van der Waals surface area contributed by atoms with E-state index in [0.717, 1.165) is 29.0 Å². The largest absolute Gasteiger partial charge is 0.330 e. The van der Waals surface area contributed by atoms with E-state index in [1.54, 1.807) is 0 Å². The van der Waals surface area contributed by atoms with Gasteiger partial charge in [-0.1, -0.05) is 27.5 Å². The van der Waals surface area contributed by atoms with Crippen LogP contribution in [-0.2, 0) is 0 Å². The van der Waals surface area contributed by atoms with E-state index in [1.807, 2.05) is 12.1 Å². The van der Waals surface area contributed by atoms with Gasteiger partial charge in [-0.05, 0) is 63.0 Å². The summed E-state index contributed by atoms with van der Waals surface area (Å²) in [6, 6.07) is 6.92. The Morgan fingerprint density at radius 2 is 2.22 bits per heavy atom. The number of hydrogen-bond donors (Lipinski definition) is 1. The van der Waals surface area contributed by atoms with Crippen LogP contribution in [0.3, 0.4) is 0 Å². The summed E-state index contributed by atoms with van der Waals surface area (Å²) < 4.78 is 1.13. The van der Waals surface area contributed by atoms with E-state index >= 15 is 0 Å². The topological polar surface area (TPSA) is 29.3 Å². The number of rotatable bonds is 3. The van der Waals surface area contributed by atoms with Crippen LogP contribution in [0.5, 0.6) is 0 Å². The number of likely N-dealkylation sites (tertiary alicyclic amines) is 1. The van der Waals surface area contributed by atoms with Crippen molar-refractivity contribution in [2.45, 2.75) is 32.4 Å². The van der Waals surface area contributed by atoms with E-state index in [0.29, 0.717) is 18.0 Å². The highest BCUT2D eigenvalue weighted by Gasteiger charge is 2.36. The maximum atomic E-state index is 6.14. The van der Waals surface area contributed by atoms with Gasteiger partial charge in [-0.3, -0.25) is 4.90 Å². The average molecular weight is 332 g/mol. The van der Waals surface area contributed by atoms with Crippen LogP contribution in [0.4, 0.5) is 0 Å². The molecule has 1 aliphatic heterocycles. The van der Waals surface area contributed by atoms with Crippen LogP contribution in [0, 0.1) is 5.92 Å². The van der Waals surface area contributed by atoms with Gasteiger partial charge in [0.15, 0.2) is 0 Å². The number of nitrogens with two attached hydrogens (primary N) is 1. The molecule has 0 spiro atoms. The van der Waals surface area contributed by atoms with Crippen molar-refractivity contribution >= 4 is 27.5 Å². The zero-order chi connectivity index (χ0) is 13.3. The molecule has 1 fully saturated rings. The van der Waals surface area contributed by atoms with Crippen molar-refractivity contribution in [1.29, 1.82) is 0 Å². The van der Waals surface area contributed by atoms with Crippen molar-refractivity contribution < 1.29 is 0 Å². The molecule has 1 aromatic rings. The number of benzene rings is 1. The SMILES string of the molecule is CC(C)N1CCC(CN)C1c1cc(Cl)ccc1Br. The van der Waals surface area contributed by atoms with Gasteiger partial charge in [-0.25, -0.2) is 0 Å². The number of hydrogen-bond acceptors (Lipinski definition) is 2. The minimum absolute atomic E-state index is 0.378. The van der Waals surface area contributed by atoms with Gasteiger partial charge in [0.05, 0.1) is 0 Å². The smallest absolute Gasteiger partial charge is 0.0410 e. The van der Waals surface area contributed by atoms with Crippen molar-refractivity contribution in [3.63, 3.8) is 0 Å². The van der Waals surface area contributed by atoms with Gasteiger partial charge in [0.25, 0.3) is 0 Å². The summed E-state index contributed by atoms with van der Waals surface area (Å²) in [6.07, 6.45) is 1.16. The number of nitrogens with zero attached hydrogens (tertiary/aromatic N) is 1. The van der Waals surface area contributed by atoms with Crippen molar-refractivity contribution in [3.05, 3.63) is 33.3 Å². The van der Waals surface area contributed by atoms with E-state index in [2.05, 4.69) is 40.7 Å². The summed E-state index contributed by atoms with van der Waals surface area (Å²) >= 11 is 9.79. The molecule has 2 atom stereocenters. The molecule has 0 aromatic heterocycles. The number of halogens is 2. The summed E-state index contributed by atoms with van der Waals surface area (Å²) in [6.45, 7) is 6.32. The van der Waals surface area contributed by atoms with Crippen LogP contribution < -0.4 is 5.73 Å². The van der Waals surface area contributed by atoms with E-state index in [-0.39, 0.29) is 0 Å². The fourth-order valence-corrected chi connectivity index (χ4v) is 3.54. The maximum Gasteiger partial charge on any atom is 0.0410 e. The van der Waals surface area contributed by atoms with Crippen molar-refractivity contribution in [3.8, 4) is 0 Å². The zero-order valence-electron chi connectivity index (χ0n) is 10.9. The van der Waals surface area contributed by atoms with E-state index in [1.165, 1.54) is 5.56 Å². The fourth-order valence-electron chi connectivity index (χ4n) is 2.88. The molecule has 0 aliphatic carbocycles. The summed E-state index contributed by atoms with van der Waals surface area (Å²) in [4.78, 5) is 2.52. The Balaban J connectivity index is 2.40. The lowest BCUT2D eigenvalue weighted by atomic mass is 9.93. The van der Waals surface area contributed by atoms with Gasteiger partial charge < -0.3 is 5.73 Å². The average Bonchev–Trinajstić information content (AvgIpc) is 2.75. The van der Waals surface area contributed by atoms with Crippen molar-refractivity contribution in [1.82, 2.24) is 4.90 Å². The lowest BCUT2D eigenvalue weighted by molar-refractivity contribution is 0.184. The Hall–Kier alpha value is -0.0900. The molecule has 0 radical (unpaired) electrons. The van der Waals surface area contributed by atoms with E-state index in [9.17, 15) is 0 Å². The summed E-state index contributed by atoms with van der Waals surface area (Å²) in [5, 5.41) is 0.791. The first-order valence-corrected chi connectivity index (χ1v) is 7.62. The van der Waals surface area contributed by atoms with E-state index in [4.69, 9.17) is 17.3 Å². The second kappa shape index (κ2) is 5.91. The molecule has 0 bridgehead atoms. The highest BCUT2D eigenvalue weighted by atomic mass is 79.9. The summed E-state index contributed by atoms with van der Waals surface area (Å²) in [7, 11) is 0. The standard InChI is InChI=1S/C14H20BrClN2/c1-9(2)18-6-5-10(8-17)14(18)12-7-11(16)3-4-13(12)15/h3-4,7,9-10,14H,5-6,8,17H2,1-2H3. The molecule has 18 heavy (non-hydrogen) atoms. The molecule has 1 saturated heterocycles. The Morgan fingerprint density at radius 3 is 2.83 bits per heavy atom. The highest BCUT2D eigenvalue weighted by molar-refractivity contribution is 9.10. The van der Waals surface area contributed by atoms with Gasteiger partial charge in [0.2, 0.25) is 0 Å². The van der Waals surface area contributed by atoms with Crippen molar-refractivity contribution in [2.75, 3.05) is 13.1 Å². The molecule has 100 valence electrons. The molecule has 1 aliphatic rings. The Bertz CT molecular complexity index is 422. The molecule has 2 nitrogen and oxygen atoms in total. The molecular weight excluding hydrogens is 312 g/mol. The third-order valence-electron chi connectivity index (χ3n) is 3.80. The predicted molar refractivity (Wildman–Crippen MR) is 80.9 cm³/mol. The molecule has 0 saturated carbocycles. The van der Waals surface area contributed by atoms with Crippen LogP contribution >= 0.6 is 27.5 Å². The van der Waals surface area contributed by atoms with Gasteiger partial charge in [0.1, 0.15) is 0 Å². The molecule has 0 amide bonds. The lowest BCUT2D eigenvalue weighted by Gasteiger charge is -2.32. The van der Waals surface area contributed by atoms with Gasteiger partial charge in [-0.15, -0.1) is 0 Å². The molecule has 2 N–H and O–H groups in total. The van der Waals surface area contributed by atoms with Crippen LogP contribution in [-0.4, -0.2) is 24.0 Å². The van der Waals surface area contributed by atoms with Crippen LogP contribution in [0.15, 0.2) is 22.7 Å². The van der Waals surface area contributed by atoms with Crippen LogP contribution in [0.1, 0.15) is 31.9 Å². The fraction of sp³-hybridized carbons (Fsp3) is 0.571. The lowest BCUT2D eigenvalue weighted by Crippen LogP contribution is -2.33. The Labute approximate surface area is 123 Å². The molecule has 2 rings (SSSR count). The molecule has 4 heteroatoms. The first-order chi connectivity index (χ1) is 8.54. The summed E-state index contributed by atoms with van der Waals surface area (Å²) in [5.74, 6) is 0.516. The van der Waals surface area contributed by atoms with E-state index < -0.39 is 0 Å². The molecule has 2 unspecified atom stereocenters. The van der Waals surface area contributed by atoms with Gasteiger partial charge in [0, 0.05) is 21.6 Å². The van der Waals surface area contributed by atoms with Gasteiger partial charge >= 0.3 is 0 Å². The maximum absolute atomic E-state index is 6.14. The third kappa shape index (κ3) is 2.74. The first kappa shape index (κ1) is 14.3. The Morgan fingerprint density at radius 1 is 1.50 bits per heavy atom. The van der Waals surface area contributed by atoms with Gasteiger partial charge in [-0.2, -0.15) is 0 Å². The second-order valence-corrected chi connectivity index (χ2v) is 6.52. The molecular formula is C14H20BrClN2. The Kier molecular flexibility index (Phi) is 4.70. The summed E-state index contributed by atoms with van der Waals surface area (Å²) in [5.41, 5.74) is 7.20. The zero-order valence-corrected chi connectivity index (χ0v) is 13.2. The first-order valence-electron chi connectivity index (χ1n) is 6.45. The normalized spacial score (nSPS) is 25.0. The second-order valence-electron chi connectivity index (χ2n) is 5.23. The monoisotopic (exact) mass is 330 g/mol. The third-order valence-corrected chi connectivity index (χ3v) is 4.76. The molecule has 1 heterocycles. The minimum atomic E-state index is 0.378. The predicted octanol–water partition coefficient (Wildman–Crippen LogP) is 3.83. The van der Waals surface area contributed by atoms with Crippen molar-refractivity contribution in [2.24, 2.45) is 11.7 Å². The van der Waals surface area contributed by atoms with Crippen LogP contribution in [0.2, 0.25) is 5.02 Å². The highest BCUT2D eigenvalue weighted by Crippen LogP contribution is 2.41. The van der Waals surface area contributed by atoms with Crippen LogP contribution in [0.25, 0.3) is 0 Å².